The number of hydrogen-bond donors (Lipinski definition) is 5. The molecule has 4 aromatic rings. The molecule has 0 bridgehead atoms. The minimum Gasteiger partial charge on any atom is -0.507 e. The van der Waals surface area contributed by atoms with Crippen molar-refractivity contribution in [2.75, 3.05) is 33.0 Å². The Bertz CT molecular complexity index is 1610. The van der Waals surface area contributed by atoms with Crippen LogP contribution in [0.2, 0.25) is 0 Å². The van der Waals surface area contributed by atoms with Crippen LogP contribution in [0.4, 0.5) is 0 Å². The predicted molar refractivity (Wildman–Crippen MR) is 181 cm³/mol. The van der Waals surface area contributed by atoms with E-state index in [2.05, 4.69) is 10.3 Å². The molecule has 5 rings (SSSR count). The normalized spacial score (nSPS) is 20.8. The van der Waals surface area contributed by atoms with Crippen molar-refractivity contribution in [2.24, 2.45) is 5.73 Å². The summed E-state index contributed by atoms with van der Waals surface area (Å²) in [4.78, 5) is 30.3. The number of hydrogen-bond acceptors (Lipinski definition) is 9. The first kappa shape index (κ1) is 35.1. The molecule has 0 fully saturated rings. The quantitative estimate of drug-likeness (QED) is 0.119. The van der Waals surface area contributed by atoms with Gasteiger partial charge in [0.2, 0.25) is 5.91 Å². The number of cyclic esters (lactones) is 1. The van der Waals surface area contributed by atoms with Crippen LogP contribution in [0.15, 0.2) is 79.0 Å². The van der Waals surface area contributed by atoms with Gasteiger partial charge in [-0.2, -0.15) is 0 Å². The molecule has 2 heterocycles. The van der Waals surface area contributed by atoms with Gasteiger partial charge in [-0.25, -0.2) is 4.79 Å². The van der Waals surface area contributed by atoms with Crippen molar-refractivity contribution < 1.29 is 38.7 Å². The number of nitrogens with one attached hydrogen (secondary N) is 2. The molecule has 6 N–H and O–H groups in total. The number of unbranched alkanes of at least 4 members (excludes halogenated alkanes) is 1. The lowest BCUT2D eigenvalue weighted by atomic mass is 9.99. The number of nitrogens with two attached hydrogens (primary N) is 1. The minimum atomic E-state index is -1.28. The van der Waals surface area contributed by atoms with Crippen LogP contribution in [-0.4, -0.2) is 84.4 Å². The number of H-pyrrole nitrogens is 1. The summed E-state index contributed by atoms with van der Waals surface area (Å²) < 4.78 is 24.3. The van der Waals surface area contributed by atoms with E-state index in [-0.39, 0.29) is 50.1 Å². The number of para-hydroxylation sites is 1. The molecule has 1 amide bonds. The molecule has 11 heteroatoms. The minimum absolute atomic E-state index is 0.0329. The van der Waals surface area contributed by atoms with Crippen LogP contribution in [0.5, 0.6) is 5.75 Å². The smallest absolute Gasteiger partial charge is 0.342 e. The molecule has 0 unspecified atom stereocenters. The number of aliphatic hydroxyl groups is 1. The van der Waals surface area contributed by atoms with E-state index in [1.807, 2.05) is 54.6 Å². The lowest BCUT2D eigenvalue weighted by Crippen LogP contribution is -2.57. The highest BCUT2D eigenvalue weighted by molar-refractivity contribution is 5.94. The molecule has 0 saturated heterocycles. The number of fused-ring (bicyclic) bond motifs is 2. The summed E-state index contributed by atoms with van der Waals surface area (Å²) in [6.07, 6.45) is 0.957. The standard InChI is InChI=1S/C37H45N3O8/c38-17-6-7-19-46-36-30(40-33(42)20-27-21-39-29-15-5-4-14-28(27)29)23-48-37(44)34-26(12-8-16-31(34)41)13-9-18-45-24-32(35(36)43)47-22-25-10-2-1-3-11-25/h1-5,8,10-12,14-16,21,30,32,35-36,39,41,43H,6-7,9,13,17-20,22-24,38H2,(H,40,42)/t30-,32+,35+,36+/m0/s1. The molecule has 11 nitrogen and oxygen atoms in total. The van der Waals surface area contributed by atoms with E-state index in [1.165, 1.54) is 6.07 Å². The van der Waals surface area contributed by atoms with Gasteiger partial charge in [0, 0.05) is 30.3 Å². The van der Waals surface area contributed by atoms with Crippen molar-refractivity contribution in [3.8, 4) is 5.75 Å². The fourth-order valence-electron chi connectivity index (χ4n) is 5.91. The summed E-state index contributed by atoms with van der Waals surface area (Å²) in [6.45, 7) is 0.951. The molecule has 0 aliphatic carbocycles. The van der Waals surface area contributed by atoms with Gasteiger partial charge < -0.3 is 45.2 Å². The van der Waals surface area contributed by atoms with Gasteiger partial charge in [0.15, 0.2) is 0 Å². The van der Waals surface area contributed by atoms with E-state index in [4.69, 9.17) is 24.7 Å². The highest BCUT2D eigenvalue weighted by atomic mass is 16.6. The summed E-state index contributed by atoms with van der Waals surface area (Å²) in [7, 11) is 0. The third-order valence-electron chi connectivity index (χ3n) is 8.45. The summed E-state index contributed by atoms with van der Waals surface area (Å²) in [6, 6.07) is 21.2. The van der Waals surface area contributed by atoms with E-state index < -0.39 is 30.3 Å². The van der Waals surface area contributed by atoms with Gasteiger partial charge in [0.05, 0.1) is 25.7 Å². The maximum Gasteiger partial charge on any atom is 0.342 e. The second kappa shape index (κ2) is 17.8. The number of aryl methyl sites for hydroxylation is 1. The highest BCUT2D eigenvalue weighted by Gasteiger charge is 2.38. The van der Waals surface area contributed by atoms with Gasteiger partial charge in [0.1, 0.15) is 36.2 Å². The first-order valence-corrected chi connectivity index (χ1v) is 16.5. The molecule has 1 aliphatic heterocycles. The van der Waals surface area contributed by atoms with Crippen LogP contribution in [0.3, 0.4) is 0 Å². The van der Waals surface area contributed by atoms with Crippen LogP contribution in [-0.2, 0) is 43.2 Å². The number of phenolic OH excluding ortho intramolecular Hbond substituents is 1. The average Bonchev–Trinajstić information content (AvgIpc) is 3.50. The zero-order valence-corrected chi connectivity index (χ0v) is 27.0. The van der Waals surface area contributed by atoms with Crippen molar-refractivity contribution in [3.05, 3.63) is 101 Å². The number of aromatic nitrogens is 1. The molecule has 3 aromatic carbocycles. The van der Waals surface area contributed by atoms with Crippen molar-refractivity contribution in [3.63, 3.8) is 0 Å². The summed E-state index contributed by atoms with van der Waals surface area (Å²) >= 11 is 0. The van der Waals surface area contributed by atoms with Crippen LogP contribution in [0.1, 0.15) is 46.3 Å². The number of esters is 1. The Morgan fingerprint density at radius 1 is 1.00 bits per heavy atom. The number of benzene rings is 3. The van der Waals surface area contributed by atoms with E-state index in [0.717, 1.165) is 22.0 Å². The van der Waals surface area contributed by atoms with Crippen LogP contribution < -0.4 is 11.1 Å². The van der Waals surface area contributed by atoms with Crippen LogP contribution in [0, 0.1) is 0 Å². The lowest BCUT2D eigenvalue weighted by molar-refractivity contribution is -0.151. The van der Waals surface area contributed by atoms with Crippen LogP contribution >= 0.6 is 0 Å². The van der Waals surface area contributed by atoms with E-state index in [9.17, 15) is 19.8 Å². The fraction of sp³-hybridized carbons (Fsp3) is 0.405. The average molecular weight is 660 g/mol. The zero-order chi connectivity index (χ0) is 33.7. The molecule has 0 saturated carbocycles. The highest BCUT2D eigenvalue weighted by Crippen LogP contribution is 2.25. The molecule has 4 atom stereocenters. The molecule has 0 radical (unpaired) electrons. The van der Waals surface area contributed by atoms with Gasteiger partial charge >= 0.3 is 5.97 Å². The van der Waals surface area contributed by atoms with E-state index in [1.54, 1.807) is 18.3 Å². The lowest BCUT2D eigenvalue weighted by Gasteiger charge is -2.35. The SMILES string of the molecule is NCCCCO[C@H]1[C@H](O)[C@H](OCc2ccccc2)COCCCc2cccc(O)c2C(=O)OC[C@@H]1NC(=O)Cc1c[nH]c2ccccc12. The maximum atomic E-state index is 13.6. The number of aliphatic hydroxyl groups excluding tert-OH is 1. The number of aromatic hydroxyl groups is 1. The Kier molecular flexibility index (Phi) is 13.0. The first-order valence-electron chi connectivity index (χ1n) is 16.5. The molecule has 0 spiro atoms. The Morgan fingerprint density at radius 3 is 2.65 bits per heavy atom. The molecule has 1 aromatic heterocycles. The Morgan fingerprint density at radius 2 is 1.81 bits per heavy atom. The maximum absolute atomic E-state index is 13.6. The summed E-state index contributed by atoms with van der Waals surface area (Å²) in [5.41, 5.74) is 9.00. The van der Waals surface area contributed by atoms with Gasteiger partial charge in [0.25, 0.3) is 0 Å². The Balaban J connectivity index is 1.45. The number of phenols is 1. The monoisotopic (exact) mass is 659 g/mol. The van der Waals surface area contributed by atoms with Crippen molar-refractivity contribution in [1.82, 2.24) is 10.3 Å². The number of aromatic amines is 1. The molecule has 1 aliphatic rings. The summed E-state index contributed by atoms with van der Waals surface area (Å²) in [5, 5.41) is 26.4. The number of rotatable bonds is 11. The number of carbonyl (C=O) groups excluding carboxylic acids is 2. The molecule has 256 valence electrons. The first-order chi connectivity index (χ1) is 23.4. The largest absolute Gasteiger partial charge is 0.507 e. The third kappa shape index (κ3) is 9.42. The van der Waals surface area contributed by atoms with Crippen molar-refractivity contribution in [2.45, 2.75) is 63.1 Å². The Labute approximate surface area is 280 Å². The Hall–Kier alpha value is -4.26. The fourth-order valence-corrected chi connectivity index (χ4v) is 5.91. The van der Waals surface area contributed by atoms with Gasteiger partial charge in [-0.15, -0.1) is 0 Å². The number of ether oxygens (including phenoxy) is 4. The van der Waals surface area contributed by atoms with E-state index in [0.29, 0.717) is 44.4 Å². The summed E-state index contributed by atoms with van der Waals surface area (Å²) in [5.74, 6) is -1.30. The molecule has 48 heavy (non-hydrogen) atoms. The van der Waals surface area contributed by atoms with Crippen molar-refractivity contribution >= 4 is 22.8 Å². The van der Waals surface area contributed by atoms with Crippen LogP contribution in [0.25, 0.3) is 10.9 Å². The van der Waals surface area contributed by atoms with Gasteiger partial charge in [-0.05, 0) is 61.1 Å². The third-order valence-corrected chi connectivity index (χ3v) is 8.45. The molecular weight excluding hydrogens is 614 g/mol. The van der Waals surface area contributed by atoms with E-state index >= 15 is 0 Å². The zero-order valence-electron chi connectivity index (χ0n) is 27.0. The van der Waals surface area contributed by atoms with Gasteiger partial charge in [-0.1, -0.05) is 60.7 Å². The van der Waals surface area contributed by atoms with Gasteiger partial charge in [-0.3, -0.25) is 4.79 Å². The number of amides is 1. The predicted octanol–water partition coefficient (Wildman–Crippen LogP) is 3.79. The van der Waals surface area contributed by atoms with Crippen molar-refractivity contribution in [1.29, 1.82) is 0 Å². The number of carbonyl (C=O) groups is 2. The topological polar surface area (TPSA) is 165 Å². The second-order valence-electron chi connectivity index (χ2n) is 12.0. The second-order valence-corrected chi connectivity index (χ2v) is 12.0. The molecular formula is C37H45N3O8.